The van der Waals surface area contributed by atoms with Crippen LogP contribution in [0.2, 0.25) is 0 Å². The number of hydrogen-bond acceptors (Lipinski definition) is 5. The van der Waals surface area contributed by atoms with E-state index in [0.29, 0.717) is 12.2 Å². The molecule has 0 unspecified atom stereocenters. The molecule has 0 spiro atoms. The number of amides is 1. The second-order valence-electron chi connectivity index (χ2n) is 4.18. The van der Waals surface area contributed by atoms with E-state index in [1.165, 1.54) is 11.2 Å². The maximum atomic E-state index is 11.8. The Morgan fingerprint density at radius 3 is 2.79 bits per heavy atom. The van der Waals surface area contributed by atoms with Crippen molar-refractivity contribution in [2.45, 2.75) is 6.54 Å². The van der Waals surface area contributed by atoms with Gasteiger partial charge in [-0.05, 0) is 18.2 Å². The average Bonchev–Trinajstić information content (AvgIpc) is 2.45. The number of hydrogen-bond donors (Lipinski definition) is 1. The molecule has 0 aromatic carbocycles. The van der Waals surface area contributed by atoms with Crippen LogP contribution >= 0.6 is 0 Å². The van der Waals surface area contributed by atoms with Gasteiger partial charge in [0.05, 0.1) is 12.2 Å². The highest BCUT2D eigenvalue weighted by Gasteiger charge is 2.09. The lowest BCUT2D eigenvalue weighted by Gasteiger charge is -2.11. The van der Waals surface area contributed by atoms with Gasteiger partial charge < -0.3 is 10.2 Å². The second-order valence-corrected chi connectivity index (χ2v) is 4.18. The van der Waals surface area contributed by atoms with Crippen LogP contribution in [0.5, 0.6) is 0 Å². The lowest BCUT2D eigenvalue weighted by molar-refractivity contribution is 0.0822. The third-order valence-electron chi connectivity index (χ3n) is 2.50. The second kappa shape index (κ2) is 5.90. The summed E-state index contributed by atoms with van der Waals surface area (Å²) in [5, 5.41) is 3.19. The molecule has 0 saturated carbocycles. The van der Waals surface area contributed by atoms with E-state index in [9.17, 15) is 4.79 Å². The van der Waals surface area contributed by atoms with E-state index < -0.39 is 0 Å². The number of pyridine rings is 1. The number of rotatable bonds is 4. The van der Waals surface area contributed by atoms with Crippen LogP contribution in [0.1, 0.15) is 16.2 Å². The first kappa shape index (κ1) is 12.9. The molecule has 19 heavy (non-hydrogen) atoms. The Hall–Kier alpha value is -2.50. The van der Waals surface area contributed by atoms with Gasteiger partial charge in [0.2, 0.25) is 0 Å². The SMILES string of the molecule is CN(C)C(=O)c1cc(NCc2ccncn2)ccn1. The smallest absolute Gasteiger partial charge is 0.272 e. The zero-order chi connectivity index (χ0) is 13.7. The van der Waals surface area contributed by atoms with Crippen LogP contribution in [0.3, 0.4) is 0 Å². The zero-order valence-electron chi connectivity index (χ0n) is 10.9. The Bertz CT molecular complexity index is 556. The minimum absolute atomic E-state index is 0.120. The summed E-state index contributed by atoms with van der Waals surface area (Å²) in [4.78, 5) is 25.3. The normalized spacial score (nSPS) is 10.0. The van der Waals surface area contributed by atoms with Crippen molar-refractivity contribution in [2.75, 3.05) is 19.4 Å². The summed E-state index contributed by atoms with van der Waals surface area (Å²) in [6, 6.07) is 5.37. The Morgan fingerprint density at radius 2 is 2.11 bits per heavy atom. The molecule has 6 nitrogen and oxygen atoms in total. The molecule has 0 atom stereocenters. The maximum absolute atomic E-state index is 11.8. The molecule has 2 rings (SSSR count). The molecule has 0 aliphatic rings. The molecule has 0 radical (unpaired) electrons. The Morgan fingerprint density at radius 1 is 1.26 bits per heavy atom. The van der Waals surface area contributed by atoms with E-state index in [0.717, 1.165) is 11.4 Å². The van der Waals surface area contributed by atoms with Crippen molar-refractivity contribution in [1.29, 1.82) is 0 Å². The summed E-state index contributed by atoms with van der Waals surface area (Å²) in [6.07, 6.45) is 4.81. The Kier molecular flexibility index (Phi) is 4.02. The molecule has 2 aromatic rings. The van der Waals surface area contributed by atoms with E-state index >= 15 is 0 Å². The van der Waals surface area contributed by atoms with Crippen LogP contribution in [-0.4, -0.2) is 39.9 Å². The van der Waals surface area contributed by atoms with E-state index in [1.54, 1.807) is 32.6 Å². The first-order chi connectivity index (χ1) is 9.16. The van der Waals surface area contributed by atoms with E-state index in [1.807, 2.05) is 12.1 Å². The van der Waals surface area contributed by atoms with Crippen LogP contribution < -0.4 is 5.32 Å². The highest BCUT2D eigenvalue weighted by molar-refractivity contribution is 5.92. The Labute approximate surface area is 111 Å². The molecule has 6 heteroatoms. The van der Waals surface area contributed by atoms with Crippen molar-refractivity contribution in [3.05, 3.63) is 48.3 Å². The lowest BCUT2D eigenvalue weighted by Crippen LogP contribution is -2.22. The van der Waals surface area contributed by atoms with Crippen molar-refractivity contribution in [3.8, 4) is 0 Å². The number of carbonyl (C=O) groups is 1. The summed E-state index contributed by atoms with van der Waals surface area (Å²) in [7, 11) is 3.40. The standard InChI is InChI=1S/C13H15N5O/c1-18(2)13(19)12-7-10(4-6-15-12)16-8-11-3-5-14-9-17-11/h3-7,9H,8H2,1-2H3,(H,15,16). The van der Waals surface area contributed by atoms with E-state index in [2.05, 4.69) is 20.3 Å². The minimum Gasteiger partial charge on any atom is -0.379 e. The van der Waals surface area contributed by atoms with Gasteiger partial charge in [0, 0.05) is 32.2 Å². The summed E-state index contributed by atoms with van der Waals surface area (Å²) >= 11 is 0. The molecular weight excluding hydrogens is 242 g/mol. The molecule has 98 valence electrons. The number of anilines is 1. The fraction of sp³-hybridized carbons (Fsp3) is 0.231. The van der Waals surface area contributed by atoms with Gasteiger partial charge in [0.15, 0.2) is 0 Å². The van der Waals surface area contributed by atoms with Crippen molar-refractivity contribution >= 4 is 11.6 Å². The molecule has 1 amide bonds. The van der Waals surface area contributed by atoms with Crippen LogP contribution in [0, 0.1) is 0 Å². The van der Waals surface area contributed by atoms with Crippen molar-refractivity contribution in [2.24, 2.45) is 0 Å². The number of aromatic nitrogens is 3. The third kappa shape index (κ3) is 3.48. The molecule has 0 aliphatic heterocycles. The van der Waals surface area contributed by atoms with Crippen molar-refractivity contribution in [3.63, 3.8) is 0 Å². The first-order valence-electron chi connectivity index (χ1n) is 5.83. The molecule has 2 aromatic heterocycles. The van der Waals surface area contributed by atoms with Crippen molar-refractivity contribution in [1.82, 2.24) is 19.9 Å². The zero-order valence-corrected chi connectivity index (χ0v) is 10.9. The van der Waals surface area contributed by atoms with Crippen LogP contribution in [0.15, 0.2) is 36.9 Å². The predicted octanol–water partition coefficient (Wildman–Crippen LogP) is 1.19. The molecule has 1 N–H and O–H groups in total. The monoisotopic (exact) mass is 257 g/mol. The maximum Gasteiger partial charge on any atom is 0.272 e. The van der Waals surface area contributed by atoms with Gasteiger partial charge in [0.1, 0.15) is 12.0 Å². The lowest BCUT2D eigenvalue weighted by atomic mass is 10.3. The molecule has 0 fully saturated rings. The minimum atomic E-state index is -0.120. The van der Waals surface area contributed by atoms with Gasteiger partial charge in [-0.3, -0.25) is 9.78 Å². The van der Waals surface area contributed by atoms with Gasteiger partial charge in [-0.25, -0.2) is 9.97 Å². The summed E-state index contributed by atoms with van der Waals surface area (Å²) < 4.78 is 0. The third-order valence-corrected chi connectivity index (χ3v) is 2.50. The fourth-order valence-corrected chi connectivity index (χ4v) is 1.50. The Balaban J connectivity index is 2.05. The predicted molar refractivity (Wildman–Crippen MR) is 71.6 cm³/mol. The van der Waals surface area contributed by atoms with E-state index in [-0.39, 0.29) is 5.91 Å². The number of nitrogens with zero attached hydrogens (tertiary/aromatic N) is 4. The van der Waals surface area contributed by atoms with Crippen molar-refractivity contribution < 1.29 is 4.79 Å². The van der Waals surface area contributed by atoms with Gasteiger partial charge in [-0.1, -0.05) is 0 Å². The molecule has 0 aliphatic carbocycles. The molecule has 0 saturated heterocycles. The van der Waals surface area contributed by atoms with E-state index in [4.69, 9.17) is 0 Å². The van der Waals surface area contributed by atoms with Gasteiger partial charge >= 0.3 is 0 Å². The first-order valence-corrected chi connectivity index (χ1v) is 5.83. The van der Waals surface area contributed by atoms with Gasteiger partial charge in [-0.2, -0.15) is 0 Å². The van der Waals surface area contributed by atoms with Gasteiger partial charge in [0.25, 0.3) is 5.91 Å². The summed E-state index contributed by atoms with van der Waals surface area (Å²) in [5.41, 5.74) is 2.13. The largest absolute Gasteiger partial charge is 0.379 e. The van der Waals surface area contributed by atoms with Crippen LogP contribution in [-0.2, 0) is 6.54 Å². The topological polar surface area (TPSA) is 71.0 Å². The summed E-state index contributed by atoms with van der Waals surface area (Å²) in [5.74, 6) is -0.120. The summed E-state index contributed by atoms with van der Waals surface area (Å²) in [6.45, 7) is 0.572. The molecule has 2 heterocycles. The fourth-order valence-electron chi connectivity index (χ4n) is 1.50. The quantitative estimate of drug-likeness (QED) is 0.890. The average molecular weight is 257 g/mol. The van der Waals surface area contributed by atoms with Gasteiger partial charge in [-0.15, -0.1) is 0 Å². The highest BCUT2D eigenvalue weighted by atomic mass is 16.2. The number of nitrogens with one attached hydrogen (secondary N) is 1. The molecular formula is C13H15N5O. The number of carbonyl (C=O) groups excluding carboxylic acids is 1. The van der Waals surface area contributed by atoms with Crippen LogP contribution in [0.25, 0.3) is 0 Å². The molecule has 0 bridgehead atoms. The van der Waals surface area contributed by atoms with Crippen LogP contribution in [0.4, 0.5) is 5.69 Å². The highest BCUT2D eigenvalue weighted by Crippen LogP contribution is 2.10.